The van der Waals surface area contributed by atoms with Crippen molar-refractivity contribution in [2.24, 2.45) is 5.92 Å². The van der Waals surface area contributed by atoms with Crippen LogP contribution in [0.1, 0.15) is 25.6 Å². The molecule has 0 bridgehead atoms. The highest BCUT2D eigenvalue weighted by Crippen LogP contribution is 2.24. The number of nitrogens with zero attached hydrogens (tertiary/aromatic N) is 2. The molecule has 1 aromatic heterocycles. The molecule has 78 valence electrons. The molecular weight excluding hydrogens is 184 g/mol. The van der Waals surface area contributed by atoms with Crippen molar-refractivity contribution in [2.75, 3.05) is 0 Å². The van der Waals surface area contributed by atoms with Gasteiger partial charge in [-0.2, -0.15) is 0 Å². The number of aryl methyl sites for hydroxylation is 1. The molecule has 1 atom stereocenters. The lowest BCUT2D eigenvalue weighted by molar-refractivity contribution is 0.520. The van der Waals surface area contributed by atoms with Gasteiger partial charge in [0.25, 0.3) is 0 Å². The van der Waals surface area contributed by atoms with E-state index in [-0.39, 0.29) is 0 Å². The van der Waals surface area contributed by atoms with Gasteiger partial charge in [-0.3, -0.25) is 0 Å². The van der Waals surface area contributed by atoms with Crippen molar-refractivity contribution < 1.29 is 0 Å². The van der Waals surface area contributed by atoms with E-state index >= 15 is 0 Å². The normalized spacial score (nSPS) is 21.3. The second-order valence-corrected chi connectivity index (χ2v) is 4.62. The predicted molar refractivity (Wildman–Crippen MR) is 61.8 cm³/mol. The average molecular weight is 200 g/mol. The van der Waals surface area contributed by atoms with E-state index in [9.17, 15) is 0 Å². The largest absolute Gasteiger partial charge is 0.328 e. The summed E-state index contributed by atoms with van der Waals surface area (Å²) in [5.74, 6) is 2.06. The van der Waals surface area contributed by atoms with Gasteiger partial charge in [-0.25, -0.2) is 4.98 Å². The molecule has 0 N–H and O–H groups in total. The van der Waals surface area contributed by atoms with Crippen LogP contribution >= 0.6 is 0 Å². The lowest BCUT2D eigenvalue weighted by atomic mass is 10.0. The van der Waals surface area contributed by atoms with Crippen LogP contribution in [0.3, 0.4) is 0 Å². The maximum absolute atomic E-state index is 4.73. The Morgan fingerprint density at radius 1 is 1.33 bits per heavy atom. The van der Waals surface area contributed by atoms with Crippen LogP contribution in [-0.4, -0.2) is 9.55 Å². The molecule has 1 aliphatic heterocycles. The van der Waals surface area contributed by atoms with Crippen molar-refractivity contribution in [1.82, 2.24) is 9.55 Å². The van der Waals surface area contributed by atoms with Gasteiger partial charge < -0.3 is 4.57 Å². The zero-order chi connectivity index (χ0) is 10.3. The van der Waals surface area contributed by atoms with Gasteiger partial charge in [-0.05, 0) is 30.9 Å². The zero-order valence-corrected chi connectivity index (χ0v) is 9.11. The van der Waals surface area contributed by atoms with E-state index < -0.39 is 0 Å². The van der Waals surface area contributed by atoms with Crippen molar-refractivity contribution in [2.45, 2.75) is 32.7 Å². The van der Waals surface area contributed by atoms with Crippen LogP contribution < -0.4 is 0 Å². The molecule has 1 aromatic carbocycles. The van der Waals surface area contributed by atoms with Gasteiger partial charge in [0, 0.05) is 13.0 Å². The number of hydrogen-bond donors (Lipinski definition) is 0. The average Bonchev–Trinajstić information content (AvgIpc) is 2.46. The van der Waals surface area contributed by atoms with E-state index in [4.69, 9.17) is 4.98 Å². The van der Waals surface area contributed by atoms with Crippen molar-refractivity contribution in [3.63, 3.8) is 0 Å². The Hall–Kier alpha value is -1.31. The van der Waals surface area contributed by atoms with Crippen LogP contribution in [0.2, 0.25) is 0 Å². The third kappa shape index (κ3) is 1.44. The third-order valence-electron chi connectivity index (χ3n) is 3.34. The molecule has 0 amide bonds. The van der Waals surface area contributed by atoms with E-state index in [1.165, 1.54) is 24.2 Å². The summed E-state index contributed by atoms with van der Waals surface area (Å²) in [5, 5.41) is 0. The number of hydrogen-bond acceptors (Lipinski definition) is 1. The first-order valence-electron chi connectivity index (χ1n) is 5.79. The van der Waals surface area contributed by atoms with Gasteiger partial charge in [-0.15, -0.1) is 0 Å². The summed E-state index contributed by atoms with van der Waals surface area (Å²) in [7, 11) is 0. The fourth-order valence-electron chi connectivity index (χ4n) is 2.54. The monoisotopic (exact) mass is 200 g/mol. The highest BCUT2D eigenvalue weighted by atomic mass is 15.1. The molecule has 0 aliphatic carbocycles. The lowest BCUT2D eigenvalue weighted by Gasteiger charge is -2.04. The van der Waals surface area contributed by atoms with Gasteiger partial charge in [-0.1, -0.05) is 19.1 Å². The molecule has 0 spiro atoms. The van der Waals surface area contributed by atoms with Crippen LogP contribution in [0, 0.1) is 5.92 Å². The zero-order valence-electron chi connectivity index (χ0n) is 9.11. The Labute approximate surface area is 89.9 Å². The quantitative estimate of drug-likeness (QED) is 0.639. The summed E-state index contributed by atoms with van der Waals surface area (Å²) < 4.78 is 2.40. The van der Waals surface area contributed by atoms with Crippen molar-refractivity contribution >= 4 is 11.0 Å². The van der Waals surface area contributed by atoms with Crippen LogP contribution in [0.4, 0.5) is 0 Å². The highest BCUT2D eigenvalue weighted by molar-refractivity contribution is 5.75. The first kappa shape index (κ1) is 8.96. The van der Waals surface area contributed by atoms with Gasteiger partial charge in [0.1, 0.15) is 5.82 Å². The van der Waals surface area contributed by atoms with Crippen LogP contribution in [0.25, 0.3) is 11.0 Å². The van der Waals surface area contributed by atoms with Crippen molar-refractivity contribution in [3.05, 3.63) is 30.1 Å². The van der Waals surface area contributed by atoms with E-state index in [1.54, 1.807) is 0 Å². The minimum absolute atomic E-state index is 0.781. The molecule has 0 fully saturated rings. The smallest absolute Gasteiger partial charge is 0.110 e. The summed E-state index contributed by atoms with van der Waals surface area (Å²) in [6.45, 7) is 3.47. The maximum Gasteiger partial charge on any atom is 0.110 e. The lowest BCUT2D eigenvalue weighted by Crippen LogP contribution is -2.02. The summed E-state index contributed by atoms with van der Waals surface area (Å²) in [6.07, 6.45) is 3.75. The highest BCUT2D eigenvalue weighted by Gasteiger charge is 2.16. The number of imidazole rings is 1. The summed E-state index contributed by atoms with van der Waals surface area (Å²) in [6, 6.07) is 8.47. The first-order valence-corrected chi connectivity index (χ1v) is 5.79. The second kappa shape index (κ2) is 3.37. The Bertz CT molecular complexity index is 484. The molecule has 0 saturated heterocycles. The van der Waals surface area contributed by atoms with E-state index in [0.717, 1.165) is 24.4 Å². The Balaban J connectivity index is 2.19. The third-order valence-corrected chi connectivity index (χ3v) is 3.34. The summed E-state index contributed by atoms with van der Waals surface area (Å²) in [5.41, 5.74) is 2.46. The molecular formula is C13H16N2. The molecule has 2 heteroatoms. The Morgan fingerprint density at radius 2 is 2.20 bits per heavy atom. The Morgan fingerprint density at radius 3 is 3.13 bits per heavy atom. The van der Waals surface area contributed by atoms with Gasteiger partial charge in [0.15, 0.2) is 0 Å². The molecule has 0 radical (unpaired) electrons. The fourth-order valence-corrected chi connectivity index (χ4v) is 2.54. The molecule has 15 heavy (non-hydrogen) atoms. The summed E-state index contributed by atoms with van der Waals surface area (Å²) >= 11 is 0. The fraction of sp³-hybridized carbons (Fsp3) is 0.462. The number of para-hydroxylation sites is 2. The number of aromatic nitrogens is 2. The second-order valence-electron chi connectivity index (χ2n) is 4.62. The molecule has 1 aliphatic rings. The standard InChI is InChI=1S/C13H16N2/c1-10-5-4-8-15-12-7-3-2-6-11(12)14-13(15)9-10/h2-3,6-7,10H,4-5,8-9H2,1H3/t10-/m0/s1. The Kier molecular flexibility index (Phi) is 2.01. The number of fused-ring (bicyclic) bond motifs is 3. The van der Waals surface area contributed by atoms with Gasteiger partial charge >= 0.3 is 0 Å². The van der Waals surface area contributed by atoms with E-state index in [1.807, 2.05) is 0 Å². The topological polar surface area (TPSA) is 17.8 Å². The first-order chi connectivity index (χ1) is 7.34. The predicted octanol–water partition coefficient (Wildman–Crippen LogP) is 3.01. The van der Waals surface area contributed by atoms with E-state index in [0.29, 0.717) is 0 Å². The molecule has 0 unspecified atom stereocenters. The van der Waals surface area contributed by atoms with Gasteiger partial charge in [0.05, 0.1) is 11.0 Å². The van der Waals surface area contributed by atoms with Gasteiger partial charge in [0.2, 0.25) is 0 Å². The maximum atomic E-state index is 4.73. The SMILES string of the molecule is C[C@H]1CCCn2c(nc3ccccc32)C1. The molecule has 3 rings (SSSR count). The van der Waals surface area contributed by atoms with Crippen LogP contribution in [-0.2, 0) is 13.0 Å². The number of rotatable bonds is 0. The molecule has 2 aromatic rings. The minimum atomic E-state index is 0.781. The summed E-state index contributed by atoms with van der Waals surface area (Å²) in [4.78, 5) is 4.73. The minimum Gasteiger partial charge on any atom is -0.328 e. The van der Waals surface area contributed by atoms with Crippen LogP contribution in [0.5, 0.6) is 0 Å². The molecule has 2 nitrogen and oxygen atoms in total. The molecule has 2 heterocycles. The molecule has 0 saturated carbocycles. The van der Waals surface area contributed by atoms with E-state index in [2.05, 4.69) is 35.8 Å². The van der Waals surface area contributed by atoms with Crippen molar-refractivity contribution in [1.29, 1.82) is 0 Å². The van der Waals surface area contributed by atoms with Crippen molar-refractivity contribution in [3.8, 4) is 0 Å². The number of benzene rings is 1. The van der Waals surface area contributed by atoms with Crippen LogP contribution in [0.15, 0.2) is 24.3 Å².